The first-order valence-electron chi connectivity index (χ1n) is 8.97. The molecule has 1 aromatic heterocycles. The molecule has 1 heterocycles. The van der Waals surface area contributed by atoms with Crippen LogP contribution in [-0.2, 0) is 9.59 Å². The third-order valence-electron chi connectivity index (χ3n) is 4.45. The van der Waals surface area contributed by atoms with Crippen LogP contribution in [0.2, 0.25) is 0 Å². The number of pyridine rings is 1. The van der Waals surface area contributed by atoms with Gasteiger partial charge in [-0.3, -0.25) is 14.6 Å². The van der Waals surface area contributed by atoms with Crippen LogP contribution in [0, 0.1) is 0 Å². The molecule has 0 aliphatic carbocycles. The Morgan fingerprint density at radius 3 is 2.41 bits per heavy atom. The Morgan fingerprint density at radius 1 is 1.04 bits per heavy atom. The molecule has 3 aromatic rings. The predicted octanol–water partition coefficient (Wildman–Crippen LogP) is 4.35. The highest BCUT2D eigenvalue weighted by Crippen LogP contribution is 2.25. The van der Waals surface area contributed by atoms with Crippen molar-refractivity contribution < 1.29 is 9.59 Å². The van der Waals surface area contributed by atoms with Crippen LogP contribution in [0.25, 0.3) is 10.9 Å². The van der Waals surface area contributed by atoms with Crippen LogP contribution in [0.3, 0.4) is 0 Å². The number of carbonyl (C=O) groups is 2. The van der Waals surface area contributed by atoms with E-state index in [9.17, 15) is 9.59 Å². The zero-order chi connectivity index (χ0) is 19.4. The van der Waals surface area contributed by atoms with Crippen LogP contribution < -0.4 is 10.2 Å². The fourth-order valence-electron chi connectivity index (χ4n) is 2.97. The lowest BCUT2D eigenvalue weighted by Crippen LogP contribution is -2.36. The highest BCUT2D eigenvalue weighted by Gasteiger charge is 2.18. The monoisotopic (exact) mass is 361 g/mol. The summed E-state index contributed by atoms with van der Waals surface area (Å²) in [6.45, 7) is 5.62. The first-order valence-corrected chi connectivity index (χ1v) is 8.97. The van der Waals surface area contributed by atoms with Crippen molar-refractivity contribution >= 4 is 34.1 Å². The van der Waals surface area contributed by atoms with Crippen LogP contribution in [0.1, 0.15) is 32.3 Å². The summed E-state index contributed by atoms with van der Waals surface area (Å²) in [5.41, 5.74) is 3.25. The standard InChI is InChI=1S/C22H23N3O2/c1-15(2)17-9-11-19(12-10-17)24-21(27)14-25(16(3)26)20-8-4-6-18-7-5-13-23-22(18)20/h4-13,15H,14H2,1-3H3,(H,24,27). The van der Waals surface area contributed by atoms with Gasteiger partial charge in [-0.2, -0.15) is 0 Å². The molecule has 2 aromatic carbocycles. The summed E-state index contributed by atoms with van der Waals surface area (Å²) in [6, 6.07) is 17.1. The zero-order valence-electron chi connectivity index (χ0n) is 15.8. The maximum Gasteiger partial charge on any atom is 0.244 e. The van der Waals surface area contributed by atoms with Gasteiger partial charge < -0.3 is 10.2 Å². The number of hydrogen-bond acceptors (Lipinski definition) is 3. The molecule has 1 N–H and O–H groups in total. The van der Waals surface area contributed by atoms with Gasteiger partial charge in [0.25, 0.3) is 0 Å². The van der Waals surface area contributed by atoms with Gasteiger partial charge in [0.2, 0.25) is 11.8 Å². The van der Waals surface area contributed by atoms with Crippen molar-refractivity contribution in [3.63, 3.8) is 0 Å². The lowest BCUT2D eigenvalue weighted by molar-refractivity contribution is -0.120. The largest absolute Gasteiger partial charge is 0.325 e. The number of hydrogen-bond donors (Lipinski definition) is 1. The van der Waals surface area contributed by atoms with Crippen molar-refractivity contribution in [3.8, 4) is 0 Å². The minimum Gasteiger partial charge on any atom is -0.325 e. The summed E-state index contributed by atoms with van der Waals surface area (Å²) < 4.78 is 0. The van der Waals surface area contributed by atoms with Gasteiger partial charge in [0, 0.05) is 24.2 Å². The minimum absolute atomic E-state index is 0.0725. The molecule has 2 amide bonds. The number of fused-ring (bicyclic) bond motifs is 1. The number of carbonyl (C=O) groups excluding carboxylic acids is 2. The zero-order valence-corrected chi connectivity index (χ0v) is 15.8. The third kappa shape index (κ3) is 4.31. The van der Waals surface area contributed by atoms with Gasteiger partial charge in [-0.05, 0) is 35.7 Å². The predicted molar refractivity (Wildman–Crippen MR) is 109 cm³/mol. The fraction of sp³-hybridized carbons (Fsp3) is 0.227. The molecular weight excluding hydrogens is 338 g/mol. The van der Waals surface area contributed by atoms with E-state index in [4.69, 9.17) is 0 Å². The summed E-state index contributed by atoms with van der Waals surface area (Å²) in [7, 11) is 0. The SMILES string of the molecule is CC(=O)N(CC(=O)Nc1ccc(C(C)C)cc1)c1cccc2cccnc12. The second kappa shape index (κ2) is 7.99. The molecule has 27 heavy (non-hydrogen) atoms. The maximum atomic E-state index is 12.5. The van der Waals surface area contributed by atoms with Crippen molar-refractivity contribution in [3.05, 3.63) is 66.4 Å². The van der Waals surface area contributed by atoms with E-state index in [1.54, 1.807) is 12.3 Å². The van der Waals surface area contributed by atoms with E-state index >= 15 is 0 Å². The number of para-hydroxylation sites is 1. The quantitative estimate of drug-likeness (QED) is 0.735. The molecule has 0 spiro atoms. The Labute approximate surface area is 159 Å². The minimum atomic E-state index is -0.254. The second-order valence-corrected chi connectivity index (χ2v) is 6.78. The van der Waals surface area contributed by atoms with E-state index in [2.05, 4.69) is 24.1 Å². The molecule has 0 aliphatic rings. The van der Waals surface area contributed by atoms with E-state index in [0.29, 0.717) is 22.8 Å². The van der Waals surface area contributed by atoms with Gasteiger partial charge in [-0.15, -0.1) is 0 Å². The Morgan fingerprint density at radius 2 is 1.74 bits per heavy atom. The van der Waals surface area contributed by atoms with Crippen molar-refractivity contribution in [2.45, 2.75) is 26.7 Å². The summed E-state index contributed by atoms with van der Waals surface area (Å²) in [5.74, 6) is -0.0318. The van der Waals surface area contributed by atoms with Crippen molar-refractivity contribution in [1.29, 1.82) is 0 Å². The molecule has 138 valence electrons. The smallest absolute Gasteiger partial charge is 0.244 e. The summed E-state index contributed by atoms with van der Waals surface area (Å²) in [5, 5.41) is 3.78. The van der Waals surface area contributed by atoms with Gasteiger partial charge in [0.1, 0.15) is 6.54 Å². The summed E-state index contributed by atoms with van der Waals surface area (Å²) >= 11 is 0. The number of rotatable bonds is 5. The molecule has 0 saturated carbocycles. The molecule has 0 bridgehead atoms. The number of amides is 2. The van der Waals surface area contributed by atoms with Gasteiger partial charge in [0.05, 0.1) is 11.2 Å². The topological polar surface area (TPSA) is 62.3 Å². The van der Waals surface area contributed by atoms with Crippen LogP contribution in [0.5, 0.6) is 0 Å². The molecule has 5 nitrogen and oxygen atoms in total. The van der Waals surface area contributed by atoms with E-state index in [1.165, 1.54) is 17.4 Å². The highest BCUT2D eigenvalue weighted by molar-refractivity contribution is 6.06. The Balaban J connectivity index is 1.80. The average molecular weight is 361 g/mol. The molecule has 0 fully saturated rings. The molecule has 0 radical (unpaired) electrons. The van der Waals surface area contributed by atoms with E-state index < -0.39 is 0 Å². The van der Waals surface area contributed by atoms with Crippen LogP contribution >= 0.6 is 0 Å². The van der Waals surface area contributed by atoms with Crippen LogP contribution in [0.4, 0.5) is 11.4 Å². The van der Waals surface area contributed by atoms with Crippen LogP contribution in [-0.4, -0.2) is 23.3 Å². The maximum absolute atomic E-state index is 12.5. The van der Waals surface area contributed by atoms with Gasteiger partial charge in [-0.1, -0.05) is 44.2 Å². The van der Waals surface area contributed by atoms with Crippen molar-refractivity contribution in [2.75, 3.05) is 16.8 Å². The molecular formula is C22H23N3O2. The van der Waals surface area contributed by atoms with E-state index in [1.807, 2.05) is 48.5 Å². The normalized spacial score (nSPS) is 10.8. The lowest BCUT2D eigenvalue weighted by Gasteiger charge is -2.22. The lowest BCUT2D eigenvalue weighted by atomic mass is 10.0. The molecule has 0 aliphatic heterocycles. The molecule has 3 rings (SSSR count). The first-order chi connectivity index (χ1) is 13.0. The molecule has 0 atom stereocenters. The Hall–Kier alpha value is -3.21. The van der Waals surface area contributed by atoms with Crippen LogP contribution in [0.15, 0.2) is 60.8 Å². The van der Waals surface area contributed by atoms with Gasteiger partial charge in [0.15, 0.2) is 0 Å². The summed E-state index contributed by atoms with van der Waals surface area (Å²) in [6.07, 6.45) is 1.68. The number of aromatic nitrogens is 1. The molecule has 0 unspecified atom stereocenters. The van der Waals surface area contributed by atoms with E-state index in [-0.39, 0.29) is 18.4 Å². The highest BCUT2D eigenvalue weighted by atomic mass is 16.2. The average Bonchev–Trinajstić information content (AvgIpc) is 2.66. The molecule has 0 saturated heterocycles. The number of anilines is 2. The summed E-state index contributed by atoms with van der Waals surface area (Å²) in [4.78, 5) is 30.6. The fourth-order valence-corrected chi connectivity index (χ4v) is 2.97. The number of nitrogens with one attached hydrogen (secondary N) is 1. The first kappa shape index (κ1) is 18.6. The van der Waals surface area contributed by atoms with Crippen molar-refractivity contribution in [1.82, 2.24) is 4.98 Å². The number of benzene rings is 2. The van der Waals surface area contributed by atoms with Crippen molar-refractivity contribution in [2.24, 2.45) is 0 Å². The third-order valence-corrected chi connectivity index (χ3v) is 4.45. The Kier molecular flexibility index (Phi) is 5.50. The second-order valence-electron chi connectivity index (χ2n) is 6.78. The van der Waals surface area contributed by atoms with Gasteiger partial charge in [-0.25, -0.2) is 0 Å². The molecule has 5 heteroatoms. The number of nitrogens with zero attached hydrogens (tertiary/aromatic N) is 2. The van der Waals surface area contributed by atoms with E-state index in [0.717, 1.165) is 5.39 Å². The van der Waals surface area contributed by atoms with Gasteiger partial charge >= 0.3 is 0 Å². The Bertz CT molecular complexity index is 959.